The summed E-state index contributed by atoms with van der Waals surface area (Å²) < 4.78 is 7.50. The molecule has 0 radical (unpaired) electrons. The van der Waals surface area contributed by atoms with Crippen LogP contribution < -0.4 is 15.6 Å². The predicted molar refractivity (Wildman–Crippen MR) is 85.5 cm³/mol. The third-order valence-electron chi connectivity index (χ3n) is 3.06. The predicted octanol–water partition coefficient (Wildman–Crippen LogP) is 2.11. The molecular weight excluding hydrogens is 302 g/mol. The molecule has 22 heavy (non-hydrogen) atoms. The summed E-state index contributed by atoms with van der Waals surface area (Å²) in [5, 5.41) is 3.19. The van der Waals surface area contributed by atoms with Gasteiger partial charge in [0, 0.05) is 12.3 Å². The van der Waals surface area contributed by atoms with E-state index < -0.39 is 0 Å². The number of pyridine rings is 1. The molecule has 1 aromatic carbocycles. The van der Waals surface area contributed by atoms with Crippen molar-refractivity contribution in [3.63, 3.8) is 0 Å². The second kappa shape index (κ2) is 5.98. The maximum atomic E-state index is 12.0. The number of methoxy groups -OCH3 is 1. The van der Waals surface area contributed by atoms with Crippen molar-refractivity contribution in [1.29, 1.82) is 0 Å². The molecule has 0 saturated heterocycles. The van der Waals surface area contributed by atoms with E-state index in [1.807, 2.05) is 18.2 Å². The number of thiazole rings is 1. The molecule has 2 aromatic heterocycles. The van der Waals surface area contributed by atoms with Crippen LogP contribution in [0.4, 0.5) is 5.13 Å². The number of rotatable bonds is 4. The van der Waals surface area contributed by atoms with Crippen LogP contribution in [0.15, 0.2) is 47.4 Å². The zero-order chi connectivity index (χ0) is 15.5. The van der Waals surface area contributed by atoms with Crippen LogP contribution in [-0.2, 0) is 11.3 Å². The van der Waals surface area contributed by atoms with Gasteiger partial charge in [0.2, 0.25) is 5.91 Å². The molecular formula is C15H13N3O3S. The Morgan fingerprint density at radius 2 is 2.18 bits per heavy atom. The molecule has 1 amide bonds. The zero-order valence-electron chi connectivity index (χ0n) is 11.8. The number of nitrogens with one attached hydrogen (secondary N) is 1. The Morgan fingerprint density at radius 1 is 1.32 bits per heavy atom. The summed E-state index contributed by atoms with van der Waals surface area (Å²) in [6.45, 7) is -0.0489. The third-order valence-corrected chi connectivity index (χ3v) is 4.00. The summed E-state index contributed by atoms with van der Waals surface area (Å²) >= 11 is 1.36. The van der Waals surface area contributed by atoms with Gasteiger partial charge in [-0.2, -0.15) is 0 Å². The Kier molecular flexibility index (Phi) is 3.88. The Bertz CT molecular complexity index is 885. The number of ether oxygens (including phenoxy) is 1. The molecule has 0 aliphatic carbocycles. The van der Waals surface area contributed by atoms with Crippen LogP contribution in [0, 0.1) is 0 Å². The number of benzene rings is 1. The first-order chi connectivity index (χ1) is 10.7. The first-order valence-corrected chi connectivity index (χ1v) is 7.38. The maximum absolute atomic E-state index is 12.0. The number of hydrogen-bond donors (Lipinski definition) is 1. The van der Waals surface area contributed by atoms with Crippen molar-refractivity contribution in [1.82, 2.24) is 9.55 Å². The molecule has 6 nitrogen and oxygen atoms in total. The summed E-state index contributed by atoms with van der Waals surface area (Å²) in [4.78, 5) is 28.0. The highest BCUT2D eigenvalue weighted by Gasteiger charge is 2.11. The molecule has 0 aliphatic rings. The molecule has 0 unspecified atom stereocenters. The Hall–Kier alpha value is -2.67. The molecule has 0 aliphatic heterocycles. The van der Waals surface area contributed by atoms with E-state index in [9.17, 15) is 9.59 Å². The number of carbonyl (C=O) groups is 1. The van der Waals surface area contributed by atoms with Crippen molar-refractivity contribution in [3.05, 3.63) is 52.9 Å². The van der Waals surface area contributed by atoms with Crippen LogP contribution in [0.5, 0.6) is 5.75 Å². The van der Waals surface area contributed by atoms with Gasteiger partial charge in [0.25, 0.3) is 5.56 Å². The van der Waals surface area contributed by atoms with E-state index in [0.29, 0.717) is 16.4 Å². The van der Waals surface area contributed by atoms with Gasteiger partial charge >= 0.3 is 0 Å². The topological polar surface area (TPSA) is 73.2 Å². The number of hydrogen-bond acceptors (Lipinski definition) is 5. The Balaban J connectivity index is 1.80. The standard InChI is InChI=1S/C15H13N3O3S/c1-21-10-5-4-6-11-14(10)17-15(22-11)16-12(19)9-18-8-3-2-7-13(18)20/h2-8H,9H2,1H3,(H,16,17,19). The second-order valence-corrected chi connectivity index (χ2v) is 5.57. The average Bonchev–Trinajstić information content (AvgIpc) is 2.91. The smallest absolute Gasteiger partial charge is 0.250 e. The lowest BCUT2D eigenvalue weighted by atomic mass is 10.3. The van der Waals surface area contributed by atoms with Gasteiger partial charge in [0.05, 0.1) is 11.8 Å². The molecule has 112 valence electrons. The summed E-state index contributed by atoms with van der Waals surface area (Å²) in [6, 6.07) is 10.3. The van der Waals surface area contributed by atoms with Crippen molar-refractivity contribution in [2.24, 2.45) is 0 Å². The van der Waals surface area contributed by atoms with Gasteiger partial charge in [-0.3, -0.25) is 9.59 Å². The highest BCUT2D eigenvalue weighted by molar-refractivity contribution is 7.22. The van der Waals surface area contributed by atoms with Crippen LogP contribution in [0.1, 0.15) is 0 Å². The summed E-state index contributed by atoms with van der Waals surface area (Å²) in [5.74, 6) is 0.361. The fourth-order valence-corrected chi connectivity index (χ4v) is 2.95. The molecule has 3 rings (SSSR count). The van der Waals surface area contributed by atoms with Crippen molar-refractivity contribution in [2.45, 2.75) is 6.54 Å². The van der Waals surface area contributed by atoms with Crippen molar-refractivity contribution in [3.8, 4) is 5.75 Å². The van der Waals surface area contributed by atoms with E-state index in [4.69, 9.17) is 4.74 Å². The lowest BCUT2D eigenvalue weighted by Gasteiger charge is -2.04. The van der Waals surface area contributed by atoms with Gasteiger partial charge in [-0.25, -0.2) is 4.98 Å². The molecule has 0 fully saturated rings. The maximum Gasteiger partial charge on any atom is 0.250 e. The van der Waals surface area contributed by atoms with Crippen LogP contribution in [0.3, 0.4) is 0 Å². The van der Waals surface area contributed by atoms with Gasteiger partial charge in [-0.1, -0.05) is 23.5 Å². The van der Waals surface area contributed by atoms with Crippen LogP contribution in [0.2, 0.25) is 0 Å². The number of amides is 1. The van der Waals surface area contributed by atoms with Crippen molar-refractivity contribution < 1.29 is 9.53 Å². The SMILES string of the molecule is COc1cccc2sc(NC(=O)Cn3ccccc3=O)nc12. The lowest BCUT2D eigenvalue weighted by molar-refractivity contribution is -0.116. The van der Waals surface area contributed by atoms with E-state index in [-0.39, 0.29) is 18.0 Å². The first kappa shape index (κ1) is 14.3. The fraction of sp³-hybridized carbons (Fsp3) is 0.133. The average molecular weight is 315 g/mol. The lowest BCUT2D eigenvalue weighted by Crippen LogP contribution is -2.26. The number of para-hydroxylation sites is 1. The largest absolute Gasteiger partial charge is 0.494 e. The number of fused-ring (bicyclic) bond motifs is 1. The molecule has 2 heterocycles. The Labute approximate surface area is 130 Å². The minimum Gasteiger partial charge on any atom is -0.494 e. The van der Waals surface area contributed by atoms with Gasteiger partial charge < -0.3 is 14.6 Å². The summed E-state index contributed by atoms with van der Waals surface area (Å²) in [6.07, 6.45) is 1.57. The van der Waals surface area contributed by atoms with E-state index in [1.54, 1.807) is 25.4 Å². The van der Waals surface area contributed by atoms with Gasteiger partial charge in [-0.15, -0.1) is 0 Å². The first-order valence-electron chi connectivity index (χ1n) is 6.56. The quantitative estimate of drug-likeness (QED) is 0.800. The van der Waals surface area contributed by atoms with Crippen LogP contribution >= 0.6 is 11.3 Å². The molecule has 1 N–H and O–H groups in total. The normalized spacial score (nSPS) is 10.6. The number of carbonyl (C=O) groups excluding carboxylic acids is 1. The minimum atomic E-state index is -0.300. The van der Waals surface area contributed by atoms with E-state index in [2.05, 4.69) is 10.3 Å². The van der Waals surface area contributed by atoms with Crippen LogP contribution in [0.25, 0.3) is 10.2 Å². The molecule has 3 aromatic rings. The summed E-state index contributed by atoms with van der Waals surface area (Å²) in [5.41, 5.74) is 0.491. The van der Waals surface area contributed by atoms with E-state index in [0.717, 1.165) is 4.70 Å². The van der Waals surface area contributed by atoms with E-state index in [1.165, 1.54) is 22.0 Å². The molecule has 7 heteroatoms. The number of anilines is 1. The highest BCUT2D eigenvalue weighted by atomic mass is 32.1. The summed E-state index contributed by atoms with van der Waals surface area (Å²) in [7, 11) is 1.58. The van der Waals surface area contributed by atoms with Gasteiger partial charge in [0.15, 0.2) is 5.13 Å². The molecule has 0 bridgehead atoms. The third kappa shape index (κ3) is 2.84. The molecule has 0 spiro atoms. The van der Waals surface area contributed by atoms with Crippen molar-refractivity contribution in [2.75, 3.05) is 12.4 Å². The minimum absolute atomic E-state index is 0.0489. The zero-order valence-corrected chi connectivity index (χ0v) is 12.6. The second-order valence-electron chi connectivity index (χ2n) is 4.54. The monoisotopic (exact) mass is 315 g/mol. The Morgan fingerprint density at radius 3 is 2.95 bits per heavy atom. The molecule has 0 atom stereocenters. The van der Waals surface area contributed by atoms with Crippen LogP contribution in [-0.4, -0.2) is 22.6 Å². The van der Waals surface area contributed by atoms with Gasteiger partial charge in [0.1, 0.15) is 17.8 Å². The number of nitrogens with zero attached hydrogens (tertiary/aromatic N) is 2. The highest BCUT2D eigenvalue weighted by Crippen LogP contribution is 2.31. The fourth-order valence-electron chi connectivity index (χ4n) is 2.05. The van der Waals surface area contributed by atoms with Gasteiger partial charge in [-0.05, 0) is 18.2 Å². The number of aromatic nitrogens is 2. The van der Waals surface area contributed by atoms with E-state index >= 15 is 0 Å². The van der Waals surface area contributed by atoms with Crippen molar-refractivity contribution >= 4 is 32.6 Å². The molecule has 0 saturated carbocycles.